The van der Waals surface area contributed by atoms with E-state index in [1.165, 1.54) is 14.2 Å². The normalized spacial score (nSPS) is 19.7. The molecule has 2 fully saturated rings. The Balaban J connectivity index is 1.35. The second kappa shape index (κ2) is 12.8. The van der Waals surface area contributed by atoms with Crippen LogP contribution in [-0.2, 0) is 20.9 Å². The molecule has 11 nitrogen and oxygen atoms in total. The number of nitrogens with zero attached hydrogens (tertiary/aromatic N) is 3. The molecule has 11 heteroatoms. The van der Waals surface area contributed by atoms with Gasteiger partial charge in [0.05, 0.1) is 25.7 Å². The fraction of sp³-hybridized carbons (Fsp3) is 0.438. The first-order valence-electron chi connectivity index (χ1n) is 14.6. The second-order valence-electron chi connectivity index (χ2n) is 11.5. The predicted octanol–water partition coefficient (Wildman–Crippen LogP) is 2.15. The first kappa shape index (κ1) is 29.9. The van der Waals surface area contributed by atoms with Gasteiger partial charge in [0.1, 0.15) is 6.54 Å². The van der Waals surface area contributed by atoms with E-state index < -0.39 is 5.92 Å². The van der Waals surface area contributed by atoms with Gasteiger partial charge in [-0.2, -0.15) is 0 Å². The number of piperidine rings is 1. The molecule has 0 radical (unpaired) electrons. The van der Waals surface area contributed by atoms with Crippen molar-refractivity contribution in [3.8, 4) is 11.5 Å². The summed E-state index contributed by atoms with van der Waals surface area (Å²) in [6.45, 7) is 5.27. The molecule has 5 rings (SSSR count). The number of nitrogens with one attached hydrogen (secondary N) is 2. The molecule has 3 aromatic rings. The molecule has 2 aliphatic rings. The van der Waals surface area contributed by atoms with Gasteiger partial charge in [-0.25, -0.2) is 0 Å². The summed E-state index contributed by atoms with van der Waals surface area (Å²) >= 11 is 0. The summed E-state index contributed by atoms with van der Waals surface area (Å²) in [4.78, 5) is 56.0. The van der Waals surface area contributed by atoms with Gasteiger partial charge in [-0.1, -0.05) is 18.2 Å². The van der Waals surface area contributed by atoms with Crippen LogP contribution in [0.4, 0.5) is 0 Å². The van der Waals surface area contributed by atoms with Crippen molar-refractivity contribution < 1.29 is 28.7 Å². The Labute approximate surface area is 251 Å². The van der Waals surface area contributed by atoms with E-state index in [2.05, 4.69) is 10.6 Å². The molecule has 2 aromatic carbocycles. The van der Waals surface area contributed by atoms with Crippen molar-refractivity contribution in [1.82, 2.24) is 25.0 Å². The first-order chi connectivity index (χ1) is 20.7. The lowest BCUT2D eigenvalue weighted by molar-refractivity contribution is -0.140. The van der Waals surface area contributed by atoms with Crippen LogP contribution in [0.3, 0.4) is 0 Å². The summed E-state index contributed by atoms with van der Waals surface area (Å²) in [7, 11) is 3.04. The molecule has 2 saturated heterocycles. The number of benzene rings is 2. The minimum absolute atomic E-state index is 0.0504. The topological polar surface area (TPSA) is 122 Å². The summed E-state index contributed by atoms with van der Waals surface area (Å²) in [5, 5.41) is 6.28. The zero-order valence-corrected chi connectivity index (χ0v) is 25.0. The zero-order valence-electron chi connectivity index (χ0n) is 25.0. The largest absolute Gasteiger partial charge is 0.493 e. The van der Waals surface area contributed by atoms with Crippen molar-refractivity contribution in [3.63, 3.8) is 0 Å². The average Bonchev–Trinajstić information content (AvgIpc) is 3.63. The maximum Gasteiger partial charge on any atom is 0.254 e. The van der Waals surface area contributed by atoms with Crippen LogP contribution >= 0.6 is 0 Å². The quantitative estimate of drug-likeness (QED) is 0.395. The second-order valence-corrected chi connectivity index (χ2v) is 11.5. The van der Waals surface area contributed by atoms with E-state index in [1.54, 1.807) is 28.0 Å². The molecule has 3 unspecified atom stereocenters. The molecule has 0 saturated carbocycles. The van der Waals surface area contributed by atoms with E-state index in [4.69, 9.17) is 9.47 Å². The van der Waals surface area contributed by atoms with Crippen molar-refractivity contribution in [1.29, 1.82) is 0 Å². The average molecular weight is 590 g/mol. The predicted molar refractivity (Wildman–Crippen MR) is 161 cm³/mol. The van der Waals surface area contributed by atoms with Crippen molar-refractivity contribution in [3.05, 3.63) is 60.3 Å². The molecule has 3 heterocycles. The maximum atomic E-state index is 13.7. The minimum Gasteiger partial charge on any atom is -0.493 e. The molecule has 3 atom stereocenters. The number of ether oxygens (including phenoxy) is 2. The molecule has 4 amide bonds. The standard InChI is InChI=1S/C32H39N5O6/c1-20(2)43-27-10-9-22(13-28(27)42-4)32(41)37-16-23-15-36(18-25(24(23)17-37)31(40)34-14-29(38)33-3)30(39)19-35-12-11-21-7-5-6-8-26(21)35/h5-13,20,23-25H,14-19H2,1-4H3,(H,33,38)(H,34,40). The van der Waals surface area contributed by atoms with Gasteiger partial charge >= 0.3 is 0 Å². The van der Waals surface area contributed by atoms with Gasteiger partial charge in [-0.3, -0.25) is 19.2 Å². The summed E-state index contributed by atoms with van der Waals surface area (Å²) in [5.41, 5.74) is 1.42. The summed E-state index contributed by atoms with van der Waals surface area (Å²) in [5.74, 6) is -0.672. The van der Waals surface area contributed by atoms with Crippen LogP contribution < -0.4 is 20.1 Å². The highest BCUT2D eigenvalue weighted by Gasteiger charge is 2.48. The van der Waals surface area contributed by atoms with Gasteiger partial charge < -0.3 is 34.5 Å². The van der Waals surface area contributed by atoms with Crippen LogP contribution in [0.5, 0.6) is 11.5 Å². The number of aromatic nitrogens is 1. The van der Waals surface area contributed by atoms with Gasteiger partial charge in [-0.05, 0) is 61.4 Å². The van der Waals surface area contributed by atoms with E-state index in [0.717, 1.165) is 10.9 Å². The van der Waals surface area contributed by atoms with E-state index in [1.807, 2.05) is 54.9 Å². The van der Waals surface area contributed by atoms with Crippen molar-refractivity contribution in [2.45, 2.75) is 26.5 Å². The van der Waals surface area contributed by atoms with Crippen molar-refractivity contribution >= 4 is 34.5 Å². The van der Waals surface area contributed by atoms with Gasteiger partial charge in [0, 0.05) is 50.5 Å². The highest BCUT2D eigenvalue weighted by molar-refractivity contribution is 5.95. The molecule has 0 aliphatic carbocycles. The number of likely N-dealkylation sites (N-methyl/N-ethyl adjacent to an activating group) is 1. The molecule has 0 spiro atoms. The summed E-state index contributed by atoms with van der Waals surface area (Å²) in [6.07, 6.45) is 1.84. The van der Waals surface area contributed by atoms with Crippen LogP contribution in [-0.4, -0.2) is 91.0 Å². The number of rotatable bonds is 9. The third-order valence-electron chi connectivity index (χ3n) is 8.32. The highest BCUT2D eigenvalue weighted by atomic mass is 16.5. The Morgan fingerprint density at radius 3 is 2.47 bits per heavy atom. The number of likely N-dealkylation sites (tertiary alicyclic amines) is 2. The monoisotopic (exact) mass is 589 g/mol. The van der Waals surface area contributed by atoms with Crippen molar-refractivity contribution in [2.75, 3.05) is 46.9 Å². The Kier molecular flexibility index (Phi) is 8.89. The number of hydrogen-bond acceptors (Lipinski definition) is 6. The summed E-state index contributed by atoms with van der Waals surface area (Å²) in [6, 6.07) is 15.0. The fourth-order valence-electron chi connectivity index (χ4n) is 6.17. The molecule has 2 aliphatic heterocycles. The summed E-state index contributed by atoms with van der Waals surface area (Å²) < 4.78 is 13.2. The molecule has 228 valence electrons. The zero-order chi connectivity index (χ0) is 30.7. The number of methoxy groups -OCH3 is 1. The molecule has 2 N–H and O–H groups in total. The number of para-hydroxylation sites is 1. The van der Waals surface area contributed by atoms with Crippen LogP contribution in [0, 0.1) is 17.8 Å². The Morgan fingerprint density at radius 1 is 0.953 bits per heavy atom. The van der Waals surface area contributed by atoms with Crippen LogP contribution in [0.15, 0.2) is 54.7 Å². The number of fused-ring (bicyclic) bond motifs is 2. The Hall–Kier alpha value is -4.54. The van der Waals surface area contributed by atoms with Gasteiger partial charge in [-0.15, -0.1) is 0 Å². The molecule has 43 heavy (non-hydrogen) atoms. The maximum absolute atomic E-state index is 13.7. The first-order valence-corrected chi connectivity index (χ1v) is 14.6. The smallest absolute Gasteiger partial charge is 0.254 e. The highest BCUT2D eigenvalue weighted by Crippen LogP contribution is 2.37. The third kappa shape index (κ3) is 6.45. The Bertz CT molecular complexity index is 1520. The molecule has 1 aromatic heterocycles. The number of carbonyl (C=O) groups excluding carboxylic acids is 4. The Morgan fingerprint density at radius 2 is 1.72 bits per heavy atom. The van der Waals surface area contributed by atoms with E-state index in [0.29, 0.717) is 36.7 Å². The van der Waals surface area contributed by atoms with Crippen molar-refractivity contribution in [2.24, 2.45) is 17.8 Å². The number of amides is 4. The fourth-order valence-corrected chi connectivity index (χ4v) is 6.17. The number of hydrogen-bond donors (Lipinski definition) is 2. The third-order valence-corrected chi connectivity index (χ3v) is 8.32. The number of carbonyl (C=O) groups is 4. The van der Waals surface area contributed by atoms with E-state index in [9.17, 15) is 19.2 Å². The van der Waals surface area contributed by atoms with Crippen LogP contribution in [0.25, 0.3) is 10.9 Å². The molecular formula is C32H39N5O6. The van der Waals surface area contributed by atoms with Gasteiger partial charge in [0.25, 0.3) is 5.91 Å². The van der Waals surface area contributed by atoms with Crippen LogP contribution in [0.1, 0.15) is 24.2 Å². The SMILES string of the molecule is CNC(=O)CNC(=O)C1CN(C(=O)Cn2ccc3ccccc32)CC2CN(C(=O)c3ccc(OC(C)C)c(OC)c3)CC21. The lowest BCUT2D eigenvalue weighted by Crippen LogP contribution is -2.54. The minimum atomic E-state index is -0.567. The van der Waals surface area contributed by atoms with Gasteiger partial charge in [0.15, 0.2) is 11.5 Å². The lowest BCUT2D eigenvalue weighted by atomic mass is 9.79. The van der Waals surface area contributed by atoms with Crippen LogP contribution in [0.2, 0.25) is 0 Å². The van der Waals surface area contributed by atoms with Gasteiger partial charge in [0.2, 0.25) is 17.7 Å². The molecular weight excluding hydrogens is 550 g/mol. The lowest BCUT2D eigenvalue weighted by Gasteiger charge is -2.39. The van der Waals surface area contributed by atoms with E-state index >= 15 is 0 Å². The van der Waals surface area contributed by atoms with E-state index in [-0.39, 0.29) is 61.2 Å². The molecule has 0 bridgehead atoms.